The maximum absolute atomic E-state index is 12.3. The quantitative estimate of drug-likeness (QED) is 0.737. The van der Waals surface area contributed by atoms with Crippen LogP contribution in [0.25, 0.3) is 0 Å². The molecule has 0 bridgehead atoms. The first-order valence-electron chi connectivity index (χ1n) is 7.82. The number of ether oxygens (including phenoxy) is 1. The summed E-state index contributed by atoms with van der Waals surface area (Å²) in [4.78, 5) is 16.5. The fraction of sp³-hybridized carbons (Fsp3) is 0.588. The Kier molecular flexibility index (Phi) is 5.62. The van der Waals surface area contributed by atoms with Crippen LogP contribution in [0, 0.1) is 0 Å². The van der Waals surface area contributed by atoms with Gasteiger partial charge in [0.15, 0.2) is 0 Å². The van der Waals surface area contributed by atoms with E-state index in [4.69, 9.17) is 4.74 Å². The molecule has 0 radical (unpaired) electrons. The summed E-state index contributed by atoms with van der Waals surface area (Å²) < 4.78 is 5.18. The second-order valence-corrected chi connectivity index (χ2v) is 5.55. The second-order valence-electron chi connectivity index (χ2n) is 5.55. The Labute approximate surface area is 127 Å². The summed E-state index contributed by atoms with van der Waals surface area (Å²) >= 11 is 0. The summed E-state index contributed by atoms with van der Waals surface area (Å²) in [5, 5.41) is 0. The first-order chi connectivity index (χ1) is 10.2. The molecule has 2 rings (SSSR count). The molecule has 0 unspecified atom stereocenters. The van der Waals surface area contributed by atoms with Gasteiger partial charge >= 0.3 is 0 Å². The van der Waals surface area contributed by atoms with Gasteiger partial charge in [0.25, 0.3) is 0 Å². The topological polar surface area (TPSA) is 32.8 Å². The monoisotopic (exact) mass is 290 g/mol. The van der Waals surface area contributed by atoms with Crippen molar-refractivity contribution in [2.45, 2.75) is 39.3 Å². The van der Waals surface area contributed by atoms with Gasteiger partial charge < -0.3 is 9.64 Å². The van der Waals surface area contributed by atoms with Crippen LogP contribution in [0.1, 0.15) is 32.3 Å². The number of carbonyl (C=O) groups is 1. The summed E-state index contributed by atoms with van der Waals surface area (Å²) in [5.74, 6) is 1.11. The van der Waals surface area contributed by atoms with Crippen LogP contribution >= 0.6 is 0 Å². The third-order valence-corrected chi connectivity index (χ3v) is 4.06. The van der Waals surface area contributed by atoms with E-state index >= 15 is 0 Å². The van der Waals surface area contributed by atoms with Crippen molar-refractivity contribution in [2.24, 2.45) is 0 Å². The predicted molar refractivity (Wildman–Crippen MR) is 84.4 cm³/mol. The van der Waals surface area contributed by atoms with Crippen molar-refractivity contribution in [1.82, 2.24) is 9.80 Å². The SMILES string of the molecule is CCN(CC)C(=O)CN(Cc1ccc(OC)cc1)C1CC1. The minimum atomic E-state index is 0.236. The molecule has 4 heteroatoms. The highest BCUT2D eigenvalue weighted by Crippen LogP contribution is 2.28. The van der Waals surface area contributed by atoms with Crippen molar-refractivity contribution < 1.29 is 9.53 Å². The van der Waals surface area contributed by atoms with Crippen LogP contribution < -0.4 is 4.74 Å². The number of likely N-dealkylation sites (N-methyl/N-ethyl adjacent to an activating group) is 1. The summed E-state index contributed by atoms with van der Waals surface area (Å²) in [5.41, 5.74) is 1.23. The lowest BCUT2D eigenvalue weighted by Gasteiger charge is -2.26. The summed E-state index contributed by atoms with van der Waals surface area (Å²) in [6.07, 6.45) is 2.42. The number of nitrogens with zero attached hydrogens (tertiary/aromatic N) is 2. The lowest BCUT2D eigenvalue weighted by molar-refractivity contribution is -0.132. The largest absolute Gasteiger partial charge is 0.497 e. The molecule has 0 aromatic heterocycles. The Morgan fingerprint density at radius 3 is 2.29 bits per heavy atom. The van der Waals surface area contributed by atoms with Crippen molar-refractivity contribution in [3.05, 3.63) is 29.8 Å². The van der Waals surface area contributed by atoms with Gasteiger partial charge in [0, 0.05) is 25.7 Å². The Morgan fingerprint density at radius 2 is 1.81 bits per heavy atom. The molecule has 21 heavy (non-hydrogen) atoms. The molecule has 1 saturated carbocycles. The van der Waals surface area contributed by atoms with Crippen LogP contribution in [0.2, 0.25) is 0 Å². The average molecular weight is 290 g/mol. The van der Waals surface area contributed by atoms with Gasteiger partial charge in [-0.2, -0.15) is 0 Å². The molecular formula is C17H26N2O2. The zero-order valence-corrected chi connectivity index (χ0v) is 13.3. The molecule has 1 aliphatic rings. The average Bonchev–Trinajstić information content (AvgIpc) is 3.33. The molecule has 0 N–H and O–H groups in total. The summed E-state index contributed by atoms with van der Waals surface area (Å²) in [6.45, 7) is 7.01. The Balaban J connectivity index is 1.97. The van der Waals surface area contributed by atoms with E-state index in [1.54, 1.807) is 7.11 Å². The van der Waals surface area contributed by atoms with E-state index in [0.717, 1.165) is 25.4 Å². The molecular weight excluding hydrogens is 264 g/mol. The molecule has 4 nitrogen and oxygen atoms in total. The van der Waals surface area contributed by atoms with Gasteiger partial charge in [-0.3, -0.25) is 9.69 Å². The highest BCUT2D eigenvalue weighted by Gasteiger charge is 2.31. The standard InChI is InChI=1S/C17H26N2O2/c1-4-18(5-2)17(20)13-19(15-8-9-15)12-14-6-10-16(21-3)11-7-14/h6-7,10-11,15H,4-5,8-9,12-13H2,1-3H3. The maximum Gasteiger partial charge on any atom is 0.236 e. The van der Waals surface area contributed by atoms with Crippen molar-refractivity contribution in [2.75, 3.05) is 26.7 Å². The number of benzene rings is 1. The third-order valence-electron chi connectivity index (χ3n) is 4.06. The van der Waals surface area contributed by atoms with E-state index in [-0.39, 0.29) is 5.91 Å². The highest BCUT2D eigenvalue weighted by atomic mass is 16.5. The predicted octanol–water partition coefficient (Wildman–Crippen LogP) is 2.53. The van der Waals surface area contributed by atoms with Gasteiger partial charge in [-0.1, -0.05) is 12.1 Å². The summed E-state index contributed by atoms with van der Waals surface area (Å²) in [6, 6.07) is 8.69. The van der Waals surface area contributed by atoms with E-state index in [9.17, 15) is 4.79 Å². The maximum atomic E-state index is 12.3. The smallest absolute Gasteiger partial charge is 0.236 e. The van der Waals surface area contributed by atoms with E-state index in [1.807, 2.05) is 30.9 Å². The normalized spacial score (nSPS) is 14.3. The van der Waals surface area contributed by atoms with Crippen LogP contribution in [0.5, 0.6) is 5.75 Å². The van der Waals surface area contributed by atoms with Gasteiger partial charge in [0.1, 0.15) is 5.75 Å². The number of methoxy groups -OCH3 is 1. The molecule has 1 aromatic carbocycles. The van der Waals surface area contributed by atoms with Gasteiger partial charge in [0.05, 0.1) is 13.7 Å². The number of amides is 1. The molecule has 0 aliphatic heterocycles. The first-order valence-corrected chi connectivity index (χ1v) is 7.82. The lowest BCUT2D eigenvalue weighted by atomic mass is 10.2. The fourth-order valence-electron chi connectivity index (χ4n) is 2.57. The third kappa shape index (κ3) is 4.46. The minimum absolute atomic E-state index is 0.236. The van der Waals surface area contributed by atoms with Crippen molar-refractivity contribution in [3.63, 3.8) is 0 Å². The van der Waals surface area contributed by atoms with Crippen LogP contribution in [-0.4, -0.2) is 48.5 Å². The first kappa shape index (κ1) is 15.8. The van der Waals surface area contributed by atoms with Crippen molar-refractivity contribution in [1.29, 1.82) is 0 Å². The van der Waals surface area contributed by atoms with Gasteiger partial charge in [-0.15, -0.1) is 0 Å². The van der Waals surface area contributed by atoms with Crippen LogP contribution in [0.4, 0.5) is 0 Å². The van der Waals surface area contributed by atoms with E-state index in [0.29, 0.717) is 12.6 Å². The van der Waals surface area contributed by atoms with Gasteiger partial charge in [-0.05, 0) is 44.4 Å². The number of rotatable bonds is 8. The Bertz CT molecular complexity index is 450. The number of carbonyl (C=O) groups excluding carboxylic acids is 1. The zero-order valence-electron chi connectivity index (χ0n) is 13.3. The second kappa shape index (κ2) is 7.46. The van der Waals surface area contributed by atoms with E-state index < -0.39 is 0 Å². The van der Waals surface area contributed by atoms with Crippen LogP contribution in [0.3, 0.4) is 0 Å². The van der Waals surface area contributed by atoms with Gasteiger partial charge in [0.2, 0.25) is 5.91 Å². The van der Waals surface area contributed by atoms with Crippen molar-refractivity contribution >= 4 is 5.91 Å². The molecule has 1 aromatic rings. The van der Waals surface area contributed by atoms with E-state index in [1.165, 1.54) is 18.4 Å². The van der Waals surface area contributed by atoms with Crippen LogP contribution in [0.15, 0.2) is 24.3 Å². The molecule has 0 atom stereocenters. The zero-order chi connectivity index (χ0) is 15.2. The summed E-state index contributed by atoms with van der Waals surface area (Å²) in [7, 11) is 1.67. The number of hydrogen-bond acceptors (Lipinski definition) is 3. The molecule has 1 fully saturated rings. The molecule has 0 saturated heterocycles. The molecule has 116 valence electrons. The molecule has 1 aliphatic carbocycles. The molecule has 0 heterocycles. The highest BCUT2D eigenvalue weighted by molar-refractivity contribution is 5.78. The molecule has 0 spiro atoms. The number of hydrogen-bond donors (Lipinski definition) is 0. The van der Waals surface area contributed by atoms with Crippen molar-refractivity contribution in [3.8, 4) is 5.75 Å². The fourth-order valence-corrected chi connectivity index (χ4v) is 2.57. The minimum Gasteiger partial charge on any atom is -0.497 e. The lowest BCUT2D eigenvalue weighted by Crippen LogP contribution is -2.40. The Hall–Kier alpha value is -1.55. The van der Waals surface area contributed by atoms with Gasteiger partial charge in [-0.25, -0.2) is 0 Å². The van der Waals surface area contributed by atoms with Crippen LogP contribution in [-0.2, 0) is 11.3 Å². The van der Waals surface area contributed by atoms with E-state index in [2.05, 4.69) is 17.0 Å². The molecule has 1 amide bonds. The Morgan fingerprint density at radius 1 is 1.19 bits per heavy atom.